The second-order valence-corrected chi connectivity index (χ2v) is 10.8. The number of hydrogen-bond donors (Lipinski definition) is 1. The number of carboxylic acid groups (broad SMARTS) is 1. The minimum absolute atomic E-state index is 0.0892. The van der Waals surface area contributed by atoms with Crippen LogP contribution in [0, 0.1) is 0 Å². The quantitative estimate of drug-likeness (QED) is 0.498. The van der Waals surface area contributed by atoms with E-state index in [2.05, 4.69) is 15.5 Å². The summed E-state index contributed by atoms with van der Waals surface area (Å²) in [7, 11) is 0. The molecule has 6 rings (SSSR count). The number of nitrogens with zero attached hydrogens (tertiary/aromatic N) is 3. The average Bonchev–Trinajstić information content (AvgIpc) is 3.16. The number of morpholine rings is 1. The average molecular weight is 522 g/mol. The van der Waals surface area contributed by atoms with Crippen LogP contribution in [0.25, 0.3) is 22.2 Å². The molecule has 0 radical (unpaired) electrons. The number of hydrogen-bond acceptors (Lipinski definition) is 4. The van der Waals surface area contributed by atoms with Crippen molar-refractivity contribution >= 4 is 40.1 Å². The first-order chi connectivity index (χ1) is 18.0. The smallest absolute Gasteiger partial charge is 0.335 e. The Morgan fingerprint density at radius 1 is 0.973 bits per heavy atom. The molecule has 194 valence electrons. The summed E-state index contributed by atoms with van der Waals surface area (Å²) >= 11 is 6.52. The predicted octanol–water partition coefficient (Wildman–Crippen LogP) is 5.39. The van der Waals surface area contributed by atoms with E-state index in [1.165, 1.54) is 24.8 Å². The molecular weight excluding hydrogens is 490 g/mol. The summed E-state index contributed by atoms with van der Waals surface area (Å²) in [6.45, 7) is 3.93. The summed E-state index contributed by atoms with van der Waals surface area (Å²) in [4.78, 5) is 29.1. The molecule has 2 fully saturated rings. The highest BCUT2D eigenvalue weighted by Gasteiger charge is 2.32. The Labute approximate surface area is 221 Å². The molecule has 1 saturated carbocycles. The number of fused-ring (bicyclic) bond motifs is 5. The number of carbonyl (C=O) groups excluding carboxylic acids is 1. The molecule has 3 aromatic rings. The molecule has 7 nitrogen and oxygen atoms in total. The first kappa shape index (κ1) is 24.3. The molecule has 2 aromatic carbocycles. The van der Waals surface area contributed by atoms with E-state index in [0.717, 1.165) is 40.7 Å². The van der Waals surface area contributed by atoms with Gasteiger partial charge in [-0.1, -0.05) is 36.9 Å². The molecule has 1 aliphatic carbocycles. The summed E-state index contributed by atoms with van der Waals surface area (Å²) in [5.41, 5.74) is 5.74. The van der Waals surface area contributed by atoms with Crippen molar-refractivity contribution in [2.45, 2.75) is 44.6 Å². The van der Waals surface area contributed by atoms with Crippen molar-refractivity contribution in [1.29, 1.82) is 0 Å². The van der Waals surface area contributed by atoms with E-state index in [1.807, 2.05) is 29.2 Å². The van der Waals surface area contributed by atoms with Crippen LogP contribution >= 0.6 is 11.6 Å². The molecule has 0 bridgehead atoms. The van der Waals surface area contributed by atoms with Gasteiger partial charge >= 0.3 is 5.97 Å². The first-order valence-electron chi connectivity index (χ1n) is 13.3. The summed E-state index contributed by atoms with van der Waals surface area (Å²) in [6.07, 6.45) is 5.94. The number of carbonyl (C=O) groups is 2. The fraction of sp³-hybridized carbons (Fsp3) is 0.448. The Morgan fingerprint density at radius 3 is 2.51 bits per heavy atom. The molecule has 1 saturated heterocycles. The summed E-state index contributed by atoms with van der Waals surface area (Å²) in [5, 5.41) is 11.5. The van der Waals surface area contributed by atoms with Gasteiger partial charge in [0.25, 0.3) is 0 Å². The van der Waals surface area contributed by atoms with E-state index >= 15 is 0 Å². The molecule has 3 heterocycles. The highest BCUT2D eigenvalue weighted by molar-refractivity contribution is 6.31. The van der Waals surface area contributed by atoms with Crippen LogP contribution in [-0.4, -0.2) is 65.8 Å². The molecule has 8 heteroatoms. The minimum Gasteiger partial charge on any atom is -0.478 e. The van der Waals surface area contributed by atoms with Crippen LogP contribution in [0.3, 0.4) is 0 Å². The van der Waals surface area contributed by atoms with Crippen molar-refractivity contribution in [2.24, 2.45) is 0 Å². The molecular formula is C29H32ClN3O4. The lowest BCUT2D eigenvalue weighted by Crippen LogP contribution is -2.46. The van der Waals surface area contributed by atoms with Gasteiger partial charge < -0.3 is 24.2 Å². The standard InChI is InChI=1S/C29H32ClN3O4/c30-21-7-9-23-24(17-21)32(18-26(34)31-12-14-37-15-13-31)10-11-33-25-16-20(29(35)36)6-8-22(25)27(28(23)33)19-4-2-1-3-5-19/h6-9,16-17,19H,1-5,10-15,18H2,(H,35,36). The number of ether oxygens (including phenoxy) is 1. The van der Waals surface area contributed by atoms with E-state index in [0.29, 0.717) is 55.9 Å². The number of aromatic carboxylic acids is 1. The zero-order valence-electron chi connectivity index (χ0n) is 20.9. The predicted molar refractivity (Wildman–Crippen MR) is 145 cm³/mol. The number of anilines is 1. The van der Waals surface area contributed by atoms with Gasteiger partial charge in [0.2, 0.25) is 5.91 Å². The minimum atomic E-state index is -0.921. The van der Waals surface area contributed by atoms with Gasteiger partial charge in [0.05, 0.1) is 31.0 Å². The maximum atomic E-state index is 13.3. The molecule has 1 amide bonds. The highest BCUT2D eigenvalue weighted by atomic mass is 35.5. The van der Waals surface area contributed by atoms with Gasteiger partial charge in [0, 0.05) is 53.4 Å². The highest BCUT2D eigenvalue weighted by Crippen LogP contribution is 2.47. The SMILES string of the molecule is O=C(O)c1ccc2c(C3CCCCC3)c3n(c2c1)CCN(CC(=O)N1CCOCC1)c1cc(Cl)ccc1-3. The third kappa shape index (κ3) is 4.48. The monoisotopic (exact) mass is 521 g/mol. The number of rotatable bonds is 4. The van der Waals surface area contributed by atoms with Gasteiger partial charge in [0.15, 0.2) is 0 Å². The Morgan fingerprint density at radius 2 is 1.76 bits per heavy atom. The van der Waals surface area contributed by atoms with E-state index < -0.39 is 5.97 Å². The van der Waals surface area contributed by atoms with Crippen molar-refractivity contribution < 1.29 is 19.4 Å². The lowest BCUT2D eigenvalue weighted by molar-refractivity contribution is -0.133. The van der Waals surface area contributed by atoms with Crippen LogP contribution in [0.4, 0.5) is 5.69 Å². The molecule has 2 aliphatic heterocycles. The van der Waals surface area contributed by atoms with E-state index in [1.54, 1.807) is 6.07 Å². The molecule has 0 spiro atoms. The van der Waals surface area contributed by atoms with E-state index in [9.17, 15) is 14.7 Å². The number of benzene rings is 2. The Hall–Kier alpha value is -3.03. The van der Waals surface area contributed by atoms with Crippen LogP contribution in [0.5, 0.6) is 0 Å². The zero-order valence-corrected chi connectivity index (χ0v) is 21.7. The number of amides is 1. The van der Waals surface area contributed by atoms with Gasteiger partial charge in [-0.2, -0.15) is 0 Å². The van der Waals surface area contributed by atoms with E-state index in [-0.39, 0.29) is 12.5 Å². The molecule has 1 N–H and O–H groups in total. The van der Waals surface area contributed by atoms with E-state index in [4.69, 9.17) is 16.3 Å². The lowest BCUT2D eigenvalue weighted by Gasteiger charge is -2.31. The Bertz CT molecular complexity index is 1350. The maximum Gasteiger partial charge on any atom is 0.335 e. The molecule has 37 heavy (non-hydrogen) atoms. The second-order valence-electron chi connectivity index (χ2n) is 10.4. The summed E-state index contributed by atoms with van der Waals surface area (Å²) < 4.78 is 7.72. The van der Waals surface area contributed by atoms with Crippen LogP contribution in [0.1, 0.15) is 53.9 Å². The fourth-order valence-corrected chi connectivity index (χ4v) is 6.55. The van der Waals surface area contributed by atoms with Crippen LogP contribution in [0.15, 0.2) is 36.4 Å². The van der Waals surface area contributed by atoms with Gasteiger partial charge in [-0.25, -0.2) is 4.79 Å². The van der Waals surface area contributed by atoms with Gasteiger partial charge in [-0.3, -0.25) is 4.79 Å². The zero-order chi connectivity index (χ0) is 25.5. The van der Waals surface area contributed by atoms with Gasteiger partial charge in [0.1, 0.15) is 0 Å². The Kier molecular flexibility index (Phi) is 6.59. The Balaban J connectivity index is 1.50. The third-order valence-electron chi connectivity index (χ3n) is 8.20. The molecule has 0 unspecified atom stereocenters. The maximum absolute atomic E-state index is 13.3. The van der Waals surface area contributed by atoms with Crippen molar-refractivity contribution in [3.05, 3.63) is 52.5 Å². The lowest BCUT2D eigenvalue weighted by atomic mass is 9.81. The van der Waals surface area contributed by atoms with Crippen LogP contribution in [-0.2, 0) is 16.1 Å². The summed E-state index contributed by atoms with van der Waals surface area (Å²) in [6, 6.07) is 11.5. The first-order valence-corrected chi connectivity index (χ1v) is 13.7. The van der Waals surface area contributed by atoms with Crippen molar-refractivity contribution in [3.63, 3.8) is 0 Å². The number of aromatic nitrogens is 1. The van der Waals surface area contributed by atoms with Gasteiger partial charge in [-0.15, -0.1) is 0 Å². The van der Waals surface area contributed by atoms with Gasteiger partial charge in [-0.05, 0) is 54.7 Å². The number of halogens is 1. The third-order valence-corrected chi connectivity index (χ3v) is 8.44. The molecule has 1 aromatic heterocycles. The van der Waals surface area contributed by atoms with Crippen molar-refractivity contribution in [3.8, 4) is 11.3 Å². The molecule has 3 aliphatic rings. The summed E-state index contributed by atoms with van der Waals surface area (Å²) in [5.74, 6) is -0.408. The largest absolute Gasteiger partial charge is 0.478 e. The van der Waals surface area contributed by atoms with Crippen molar-refractivity contribution in [1.82, 2.24) is 9.47 Å². The topological polar surface area (TPSA) is 75.0 Å². The fourth-order valence-electron chi connectivity index (χ4n) is 6.38. The van der Waals surface area contributed by atoms with Crippen LogP contribution in [0.2, 0.25) is 5.02 Å². The number of carboxylic acids is 1. The molecule has 0 atom stereocenters. The van der Waals surface area contributed by atoms with Crippen molar-refractivity contribution in [2.75, 3.05) is 44.3 Å². The van der Waals surface area contributed by atoms with Crippen LogP contribution < -0.4 is 4.90 Å². The second kappa shape index (κ2) is 10.0. The normalized spacial score (nSPS) is 18.4.